The molecule has 0 aliphatic heterocycles. The minimum Gasteiger partial charge on any atom is -0.549 e. The fourth-order valence-electron chi connectivity index (χ4n) is 1.24. The molecule has 1 aromatic carbocycles. The predicted octanol–water partition coefficient (Wildman–Crippen LogP) is 2.42. The average molecular weight is 335 g/mol. The van der Waals surface area contributed by atoms with Crippen molar-refractivity contribution in [2.45, 2.75) is 22.5 Å². The van der Waals surface area contributed by atoms with Crippen molar-refractivity contribution in [3.63, 3.8) is 0 Å². The van der Waals surface area contributed by atoms with E-state index in [1.165, 1.54) is 0 Å². The topological polar surface area (TPSA) is 40.1 Å². The molecule has 0 aromatic heterocycles. The quantitative estimate of drug-likeness (QED) is 0.776. The van der Waals surface area contributed by atoms with Crippen LogP contribution in [-0.4, -0.2) is 10.8 Å². The fourth-order valence-corrected chi connectivity index (χ4v) is 2.07. The van der Waals surface area contributed by atoms with Gasteiger partial charge in [0.2, 0.25) is 0 Å². The zero-order chi connectivity index (χ0) is 11.3. The van der Waals surface area contributed by atoms with Gasteiger partial charge in [0.15, 0.2) is 0 Å². The van der Waals surface area contributed by atoms with Crippen molar-refractivity contribution in [1.82, 2.24) is 0 Å². The van der Waals surface area contributed by atoms with E-state index in [1.807, 2.05) is 30.3 Å². The summed E-state index contributed by atoms with van der Waals surface area (Å²) in [6.45, 7) is 0. The molecule has 82 valence electrons. The standard InChI is InChI=1S/C11H12Br2O2/c12-9(6-7-10(13)11(14)15)8-4-2-1-3-5-8/h1-5,9-10H,6-7H2,(H,14,15)/p-1/t9-,10+/m1/s1. The van der Waals surface area contributed by atoms with Crippen LogP contribution in [0.1, 0.15) is 23.2 Å². The van der Waals surface area contributed by atoms with E-state index in [1.54, 1.807) is 0 Å². The van der Waals surface area contributed by atoms with Crippen LogP contribution in [0.2, 0.25) is 0 Å². The molecule has 0 aliphatic carbocycles. The summed E-state index contributed by atoms with van der Waals surface area (Å²) in [6, 6.07) is 9.92. The zero-order valence-electron chi connectivity index (χ0n) is 8.03. The molecule has 0 fully saturated rings. The molecule has 0 saturated heterocycles. The van der Waals surface area contributed by atoms with E-state index in [4.69, 9.17) is 0 Å². The summed E-state index contributed by atoms with van der Waals surface area (Å²) in [7, 11) is 0. The number of alkyl halides is 2. The van der Waals surface area contributed by atoms with Gasteiger partial charge in [-0.1, -0.05) is 62.2 Å². The molecule has 0 amide bonds. The monoisotopic (exact) mass is 333 g/mol. The van der Waals surface area contributed by atoms with Crippen molar-refractivity contribution in [3.8, 4) is 0 Å². The number of carboxylic acids is 1. The Labute approximate surface area is 106 Å². The molecule has 0 heterocycles. The van der Waals surface area contributed by atoms with Gasteiger partial charge in [0.25, 0.3) is 0 Å². The first-order chi connectivity index (χ1) is 7.11. The largest absolute Gasteiger partial charge is 0.549 e. The van der Waals surface area contributed by atoms with Crippen molar-refractivity contribution >= 4 is 37.8 Å². The first-order valence-corrected chi connectivity index (χ1v) is 6.48. The Balaban J connectivity index is 2.43. The maximum atomic E-state index is 10.5. The summed E-state index contributed by atoms with van der Waals surface area (Å²) in [5, 5.41) is 10.5. The Morgan fingerprint density at radius 1 is 1.20 bits per heavy atom. The number of aliphatic carboxylic acids is 1. The molecule has 0 aliphatic rings. The SMILES string of the molecule is O=C([O-])[C@@H](Br)CC[C@@H](Br)c1ccccc1. The highest BCUT2D eigenvalue weighted by atomic mass is 79.9. The number of hydrogen-bond donors (Lipinski definition) is 0. The predicted molar refractivity (Wildman–Crippen MR) is 65.1 cm³/mol. The number of halogens is 2. The van der Waals surface area contributed by atoms with Crippen LogP contribution in [0.25, 0.3) is 0 Å². The van der Waals surface area contributed by atoms with Crippen LogP contribution < -0.4 is 5.11 Å². The Morgan fingerprint density at radius 3 is 2.33 bits per heavy atom. The molecule has 4 heteroatoms. The third-order valence-corrected chi connectivity index (χ3v) is 3.91. The molecule has 2 nitrogen and oxygen atoms in total. The van der Waals surface area contributed by atoms with Gasteiger partial charge in [0.05, 0.1) is 10.8 Å². The smallest absolute Gasteiger partial charge is 0.0551 e. The molecule has 0 saturated carbocycles. The lowest BCUT2D eigenvalue weighted by atomic mass is 10.1. The molecule has 0 radical (unpaired) electrons. The summed E-state index contributed by atoms with van der Waals surface area (Å²) < 4.78 is 0. The van der Waals surface area contributed by atoms with E-state index >= 15 is 0 Å². The van der Waals surface area contributed by atoms with E-state index in [-0.39, 0.29) is 4.83 Å². The summed E-state index contributed by atoms with van der Waals surface area (Å²) in [5.74, 6) is -1.05. The van der Waals surface area contributed by atoms with Crippen molar-refractivity contribution in [1.29, 1.82) is 0 Å². The van der Waals surface area contributed by atoms with Crippen molar-refractivity contribution in [2.24, 2.45) is 0 Å². The highest BCUT2D eigenvalue weighted by molar-refractivity contribution is 9.10. The molecule has 0 spiro atoms. The van der Waals surface area contributed by atoms with E-state index in [0.29, 0.717) is 6.42 Å². The molecular formula is C11H11Br2O2-. The minimum absolute atomic E-state index is 0.193. The lowest BCUT2D eigenvalue weighted by Gasteiger charge is -2.14. The highest BCUT2D eigenvalue weighted by Gasteiger charge is 2.11. The van der Waals surface area contributed by atoms with Crippen LogP contribution in [0.3, 0.4) is 0 Å². The molecule has 0 unspecified atom stereocenters. The zero-order valence-corrected chi connectivity index (χ0v) is 11.2. The van der Waals surface area contributed by atoms with Crippen LogP contribution in [0.4, 0.5) is 0 Å². The first kappa shape index (κ1) is 12.7. The van der Waals surface area contributed by atoms with Crippen LogP contribution >= 0.6 is 31.9 Å². The van der Waals surface area contributed by atoms with Gasteiger partial charge in [-0.3, -0.25) is 0 Å². The Bertz CT molecular complexity index is 314. The molecule has 1 aromatic rings. The van der Waals surface area contributed by atoms with Crippen LogP contribution in [0, 0.1) is 0 Å². The Morgan fingerprint density at radius 2 is 1.80 bits per heavy atom. The van der Waals surface area contributed by atoms with Gasteiger partial charge in [-0.25, -0.2) is 0 Å². The summed E-state index contributed by atoms with van der Waals surface area (Å²) in [4.78, 5) is 10.1. The minimum atomic E-state index is -1.05. The van der Waals surface area contributed by atoms with Crippen LogP contribution in [0.5, 0.6) is 0 Å². The lowest BCUT2D eigenvalue weighted by Crippen LogP contribution is -2.31. The second-order valence-corrected chi connectivity index (χ2v) is 5.45. The summed E-state index contributed by atoms with van der Waals surface area (Å²) >= 11 is 6.59. The summed E-state index contributed by atoms with van der Waals surface area (Å²) in [6.07, 6.45) is 1.31. The van der Waals surface area contributed by atoms with Gasteiger partial charge in [-0.15, -0.1) is 0 Å². The van der Waals surface area contributed by atoms with Gasteiger partial charge < -0.3 is 9.90 Å². The molecule has 15 heavy (non-hydrogen) atoms. The number of benzene rings is 1. The molecule has 0 bridgehead atoms. The number of carbonyl (C=O) groups excluding carboxylic acids is 1. The van der Waals surface area contributed by atoms with Gasteiger partial charge in [0, 0.05) is 4.83 Å². The first-order valence-electron chi connectivity index (χ1n) is 4.65. The second kappa shape index (κ2) is 6.28. The fraction of sp³-hybridized carbons (Fsp3) is 0.364. The number of rotatable bonds is 5. The average Bonchev–Trinajstić information content (AvgIpc) is 2.26. The third-order valence-electron chi connectivity index (χ3n) is 2.09. The molecule has 1 rings (SSSR count). The van der Waals surface area contributed by atoms with E-state index in [2.05, 4.69) is 31.9 Å². The number of carbonyl (C=O) groups is 1. The third kappa shape index (κ3) is 4.34. The van der Waals surface area contributed by atoms with Crippen LogP contribution in [-0.2, 0) is 4.79 Å². The Hall–Kier alpha value is -0.350. The molecule has 2 atom stereocenters. The van der Waals surface area contributed by atoms with Gasteiger partial charge >= 0.3 is 0 Å². The van der Waals surface area contributed by atoms with Gasteiger partial charge in [-0.2, -0.15) is 0 Å². The maximum absolute atomic E-state index is 10.5. The van der Waals surface area contributed by atoms with E-state index in [9.17, 15) is 9.90 Å². The van der Waals surface area contributed by atoms with Crippen LogP contribution in [0.15, 0.2) is 30.3 Å². The van der Waals surface area contributed by atoms with Crippen molar-refractivity contribution < 1.29 is 9.90 Å². The normalized spacial score (nSPS) is 14.5. The van der Waals surface area contributed by atoms with Crippen molar-refractivity contribution in [3.05, 3.63) is 35.9 Å². The second-order valence-electron chi connectivity index (χ2n) is 3.24. The number of carboxylic acid groups (broad SMARTS) is 1. The lowest BCUT2D eigenvalue weighted by molar-refractivity contribution is -0.304. The highest BCUT2D eigenvalue weighted by Crippen LogP contribution is 2.28. The summed E-state index contributed by atoms with van der Waals surface area (Å²) in [5.41, 5.74) is 1.16. The number of hydrogen-bond acceptors (Lipinski definition) is 2. The molecule has 0 N–H and O–H groups in total. The maximum Gasteiger partial charge on any atom is 0.0551 e. The van der Waals surface area contributed by atoms with E-state index in [0.717, 1.165) is 12.0 Å². The van der Waals surface area contributed by atoms with E-state index < -0.39 is 10.8 Å². The van der Waals surface area contributed by atoms with Gasteiger partial charge in [-0.05, 0) is 18.4 Å². The van der Waals surface area contributed by atoms with Crippen molar-refractivity contribution in [2.75, 3.05) is 0 Å². The molecular weight excluding hydrogens is 324 g/mol. The van der Waals surface area contributed by atoms with Gasteiger partial charge in [0.1, 0.15) is 0 Å². The Kier molecular flexibility index (Phi) is 5.32.